The molecule has 0 unspecified atom stereocenters. The second kappa shape index (κ2) is 11.1. The fourth-order valence-corrected chi connectivity index (χ4v) is 7.09. The molecule has 1 heteroatoms. The summed E-state index contributed by atoms with van der Waals surface area (Å²) in [5.74, 6) is 1.39. The molecule has 0 saturated heterocycles. The lowest BCUT2D eigenvalue weighted by molar-refractivity contribution is 0.812. The monoisotopic (exact) mass is 546 g/mol. The van der Waals surface area contributed by atoms with Crippen molar-refractivity contribution in [2.75, 3.05) is 0 Å². The molecule has 0 radical (unpaired) electrons. The highest BCUT2D eigenvalue weighted by molar-refractivity contribution is 6.99. The van der Waals surface area contributed by atoms with E-state index in [0.29, 0.717) is 17.8 Å². The van der Waals surface area contributed by atoms with Crippen LogP contribution in [0.25, 0.3) is 33.4 Å². The highest BCUT2D eigenvalue weighted by Gasteiger charge is 2.38. The van der Waals surface area contributed by atoms with Crippen molar-refractivity contribution in [3.8, 4) is 33.4 Å². The van der Waals surface area contributed by atoms with Crippen LogP contribution in [0.1, 0.15) is 87.1 Å². The second-order valence-electron chi connectivity index (χ2n) is 13.3. The minimum atomic E-state index is 0.220. The maximum Gasteiger partial charge on any atom is 0.243 e. The second-order valence-corrected chi connectivity index (χ2v) is 13.3. The standard InChI is InChI=1S/C41H43B/c1-25(2)32-21-33(26(3)4)41(34(22-32)27(5)6)42-39-19-28(7)35(30-15-11-9-12-16-30)23-37(39)38-24-36(29(8)20-40(38)42)31-17-13-10-14-18-31/h9-27H,1-8H3. The predicted octanol–water partition coefficient (Wildman–Crippen LogP) is 9.50. The van der Waals surface area contributed by atoms with Gasteiger partial charge in [-0.05, 0) is 105 Å². The first-order valence-electron chi connectivity index (χ1n) is 15.7. The van der Waals surface area contributed by atoms with E-state index in [9.17, 15) is 0 Å². The Balaban J connectivity index is 1.69. The quantitative estimate of drug-likeness (QED) is 0.183. The van der Waals surface area contributed by atoms with Crippen LogP contribution in [0, 0.1) is 13.8 Å². The molecule has 0 bridgehead atoms. The van der Waals surface area contributed by atoms with Crippen LogP contribution in [0.4, 0.5) is 0 Å². The van der Waals surface area contributed by atoms with Crippen LogP contribution in [-0.2, 0) is 0 Å². The van der Waals surface area contributed by atoms with E-state index in [1.165, 1.54) is 77.6 Å². The average Bonchev–Trinajstić information content (AvgIpc) is 3.27. The van der Waals surface area contributed by atoms with Gasteiger partial charge in [0, 0.05) is 0 Å². The van der Waals surface area contributed by atoms with Crippen molar-refractivity contribution in [3.05, 3.63) is 125 Å². The number of fused-ring (bicyclic) bond motifs is 3. The molecule has 5 aromatic rings. The fraction of sp³-hybridized carbons (Fsp3) is 0.268. The van der Waals surface area contributed by atoms with Gasteiger partial charge in [0.15, 0.2) is 0 Å². The fourth-order valence-electron chi connectivity index (χ4n) is 7.09. The third kappa shape index (κ3) is 4.84. The van der Waals surface area contributed by atoms with Crippen LogP contribution in [0.3, 0.4) is 0 Å². The van der Waals surface area contributed by atoms with E-state index in [1.807, 2.05) is 0 Å². The lowest BCUT2D eigenvalue weighted by Crippen LogP contribution is -2.52. The molecular weight excluding hydrogens is 503 g/mol. The topological polar surface area (TPSA) is 0 Å². The number of hydrogen-bond donors (Lipinski definition) is 0. The number of hydrogen-bond acceptors (Lipinski definition) is 0. The molecule has 0 N–H and O–H groups in total. The molecule has 42 heavy (non-hydrogen) atoms. The predicted molar refractivity (Wildman–Crippen MR) is 186 cm³/mol. The lowest BCUT2D eigenvalue weighted by Gasteiger charge is -2.27. The molecule has 6 rings (SSSR count). The van der Waals surface area contributed by atoms with Gasteiger partial charge in [-0.2, -0.15) is 0 Å². The Morgan fingerprint density at radius 3 is 1.21 bits per heavy atom. The Kier molecular flexibility index (Phi) is 7.48. The average molecular weight is 547 g/mol. The molecule has 5 aromatic carbocycles. The van der Waals surface area contributed by atoms with Gasteiger partial charge in [0.2, 0.25) is 6.71 Å². The van der Waals surface area contributed by atoms with Crippen LogP contribution in [-0.4, -0.2) is 6.71 Å². The van der Waals surface area contributed by atoms with E-state index in [-0.39, 0.29) is 6.71 Å². The molecule has 0 aliphatic carbocycles. The van der Waals surface area contributed by atoms with Crippen LogP contribution in [0.5, 0.6) is 0 Å². The van der Waals surface area contributed by atoms with Crippen molar-refractivity contribution >= 4 is 23.1 Å². The molecule has 0 nitrogen and oxygen atoms in total. The molecule has 1 aliphatic rings. The van der Waals surface area contributed by atoms with Crippen molar-refractivity contribution in [3.63, 3.8) is 0 Å². The molecule has 0 aromatic heterocycles. The van der Waals surface area contributed by atoms with Crippen molar-refractivity contribution in [1.29, 1.82) is 0 Å². The third-order valence-corrected chi connectivity index (χ3v) is 9.34. The minimum absolute atomic E-state index is 0.220. The summed E-state index contributed by atoms with van der Waals surface area (Å²) in [6, 6.07) is 36.8. The lowest BCUT2D eigenvalue weighted by atomic mass is 9.36. The van der Waals surface area contributed by atoms with E-state index < -0.39 is 0 Å². The number of aryl methyl sites for hydroxylation is 2. The molecule has 1 heterocycles. The summed E-state index contributed by atoms with van der Waals surface area (Å²) in [6.45, 7) is 18.9. The van der Waals surface area contributed by atoms with E-state index >= 15 is 0 Å². The first-order valence-corrected chi connectivity index (χ1v) is 15.7. The summed E-state index contributed by atoms with van der Waals surface area (Å²) >= 11 is 0. The van der Waals surface area contributed by atoms with Gasteiger partial charge in [-0.25, -0.2) is 0 Å². The maximum atomic E-state index is 2.52. The Morgan fingerprint density at radius 2 is 0.857 bits per heavy atom. The summed E-state index contributed by atoms with van der Waals surface area (Å²) in [4.78, 5) is 0. The largest absolute Gasteiger partial charge is 0.243 e. The van der Waals surface area contributed by atoms with Gasteiger partial charge in [0.25, 0.3) is 0 Å². The Labute approximate surface area is 253 Å². The van der Waals surface area contributed by atoms with Gasteiger partial charge in [-0.1, -0.05) is 143 Å². The summed E-state index contributed by atoms with van der Waals surface area (Å²) in [6.07, 6.45) is 0. The maximum absolute atomic E-state index is 2.52. The highest BCUT2D eigenvalue weighted by Crippen LogP contribution is 2.36. The zero-order valence-electron chi connectivity index (χ0n) is 26.5. The third-order valence-electron chi connectivity index (χ3n) is 9.34. The summed E-state index contributed by atoms with van der Waals surface area (Å²) in [7, 11) is 0. The first kappa shape index (κ1) is 28.3. The molecular formula is C41H43B. The van der Waals surface area contributed by atoms with Crippen LogP contribution in [0.2, 0.25) is 0 Å². The number of rotatable bonds is 6. The van der Waals surface area contributed by atoms with E-state index in [2.05, 4.69) is 152 Å². The molecule has 0 spiro atoms. The SMILES string of the molecule is Cc1cc2c(cc1-c1ccccc1)-c1cc(-c3ccccc3)c(C)cc1B2c1c(C(C)C)cc(C(C)C)cc1C(C)C. The molecule has 0 atom stereocenters. The van der Waals surface area contributed by atoms with Gasteiger partial charge in [0.1, 0.15) is 0 Å². The van der Waals surface area contributed by atoms with Gasteiger partial charge in [0.05, 0.1) is 0 Å². The van der Waals surface area contributed by atoms with Crippen LogP contribution < -0.4 is 16.4 Å². The van der Waals surface area contributed by atoms with Crippen molar-refractivity contribution in [1.82, 2.24) is 0 Å². The molecule has 0 fully saturated rings. The van der Waals surface area contributed by atoms with Gasteiger partial charge in [-0.15, -0.1) is 0 Å². The van der Waals surface area contributed by atoms with Gasteiger partial charge >= 0.3 is 0 Å². The summed E-state index contributed by atoms with van der Waals surface area (Å²) in [5, 5.41) is 0. The zero-order chi connectivity index (χ0) is 29.7. The zero-order valence-corrected chi connectivity index (χ0v) is 26.5. The summed E-state index contributed by atoms with van der Waals surface area (Å²) in [5.41, 5.74) is 19.6. The van der Waals surface area contributed by atoms with Crippen molar-refractivity contribution < 1.29 is 0 Å². The smallest absolute Gasteiger partial charge is 0.0628 e. The Hall–Kier alpha value is -3.84. The van der Waals surface area contributed by atoms with Crippen molar-refractivity contribution in [2.24, 2.45) is 0 Å². The van der Waals surface area contributed by atoms with Gasteiger partial charge < -0.3 is 0 Å². The minimum Gasteiger partial charge on any atom is -0.0628 e. The van der Waals surface area contributed by atoms with Crippen LogP contribution >= 0.6 is 0 Å². The van der Waals surface area contributed by atoms with E-state index in [1.54, 1.807) is 0 Å². The number of benzene rings is 5. The molecule has 0 saturated carbocycles. The molecule has 0 amide bonds. The van der Waals surface area contributed by atoms with Crippen LogP contribution in [0.15, 0.2) is 97.1 Å². The first-order chi connectivity index (χ1) is 20.2. The van der Waals surface area contributed by atoms with E-state index in [0.717, 1.165) is 0 Å². The van der Waals surface area contributed by atoms with Gasteiger partial charge in [-0.3, -0.25) is 0 Å². The summed E-state index contributed by atoms with van der Waals surface area (Å²) < 4.78 is 0. The molecule has 210 valence electrons. The van der Waals surface area contributed by atoms with Crippen molar-refractivity contribution in [2.45, 2.75) is 73.1 Å². The Bertz CT molecular complexity index is 1630. The van der Waals surface area contributed by atoms with E-state index in [4.69, 9.17) is 0 Å². The Morgan fingerprint density at radius 1 is 0.452 bits per heavy atom. The molecule has 1 aliphatic heterocycles. The normalized spacial score (nSPS) is 12.4. The highest BCUT2D eigenvalue weighted by atomic mass is 14.3.